The fraction of sp³-hybridized carbons (Fsp3) is 0.100. The number of nitrogens with zero attached hydrogens (tertiary/aromatic N) is 1. The van der Waals surface area contributed by atoms with Crippen molar-refractivity contribution in [2.24, 2.45) is 0 Å². The molecule has 0 atom stereocenters. The van der Waals surface area contributed by atoms with Crippen molar-refractivity contribution in [3.05, 3.63) is 29.8 Å². The molecule has 0 unspecified atom stereocenters. The van der Waals surface area contributed by atoms with Crippen LogP contribution in [0.15, 0.2) is 29.2 Å². The number of rotatable bonds is 1. The summed E-state index contributed by atoms with van der Waals surface area (Å²) in [5.41, 5.74) is 0.884. The zero-order valence-electron chi connectivity index (χ0n) is 6.66. The van der Waals surface area contributed by atoms with Gasteiger partial charge in [-0.15, -0.1) is 11.8 Å². The van der Waals surface area contributed by atoms with E-state index in [0.29, 0.717) is 0 Å². The maximum absolute atomic E-state index is 8.20. The van der Waals surface area contributed by atoms with Gasteiger partial charge in [0.15, 0.2) is 6.07 Å². The van der Waals surface area contributed by atoms with Crippen molar-refractivity contribution in [2.45, 2.75) is 4.90 Å². The molecule has 1 nitrogen and oxygen atoms in total. The minimum Gasteiger partial charge on any atom is -0.183 e. The van der Waals surface area contributed by atoms with Crippen LogP contribution in [0.25, 0.3) is 0 Å². The Morgan fingerprint density at radius 2 is 1.92 bits per heavy atom. The summed E-state index contributed by atoms with van der Waals surface area (Å²) in [6.07, 6.45) is 2.02. The number of nitriles is 1. The third kappa shape index (κ3) is 2.34. The fourth-order valence-electron chi connectivity index (χ4n) is 0.774. The van der Waals surface area contributed by atoms with Gasteiger partial charge in [0.25, 0.3) is 0 Å². The van der Waals surface area contributed by atoms with Gasteiger partial charge in [-0.25, -0.2) is 0 Å². The Kier molecular flexibility index (Phi) is 3.26. The van der Waals surface area contributed by atoms with Crippen LogP contribution in [0.2, 0.25) is 0 Å². The van der Waals surface area contributed by atoms with E-state index in [1.807, 2.05) is 30.5 Å². The van der Waals surface area contributed by atoms with Crippen LogP contribution in [-0.2, 0) is 0 Å². The first kappa shape index (κ1) is 8.71. The van der Waals surface area contributed by atoms with Crippen LogP contribution < -0.4 is 0 Å². The van der Waals surface area contributed by atoms with Crippen molar-refractivity contribution < 1.29 is 0 Å². The van der Waals surface area contributed by atoms with Crippen molar-refractivity contribution in [1.29, 1.82) is 5.26 Å². The zero-order chi connectivity index (χ0) is 8.81. The summed E-state index contributed by atoms with van der Waals surface area (Å²) in [6.45, 7) is 0. The quantitative estimate of drug-likeness (QED) is 0.480. The minimum absolute atomic E-state index is 0.884. The molecule has 0 amide bonds. The molecule has 1 rings (SSSR count). The van der Waals surface area contributed by atoms with Crippen LogP contribution in [0, 0.1) is 23.2 Å². The highest BCUT2D eigenvalue weighted by Crippen LogP contribution is 2.13. The SMILES string of the molecule is CSc1ccc(C#CC#N)cc1. The van der Waals surface area contributed by atoms with E-state index in [-0.39, 0.29) is 0 Å². The third-order valence-corrected chi connectivity index (χ3v) is 2.10. The standard InChI is InChI=1S/C10H7NS/c1-12-10-6-4-9(5-7-10)3-2-8-11/h4-7H,1H3. The molecule has 0 aliphatic heterocycles. The van der Waals surface area contributed by atoms with Gasteiger partial charge in [-0.05, 0) is 30.5 Å². The van der Waals surface area contributed by atoms with Gasteiger partial charge in [-0.2, -0.15) is 5.26 Å². The van der Waals surface area contributed by atoms with Gasteiger partial charge in [0.05, 0.1) is 0 Å². The molecule has 0 fully saturated rings. The summed E-state index contributed by atoms with van der Waals surface area (Å²) in [5.74, 6) is 5.08. The van der Waals surface area contributed by atoms with Gasteiger partial charge in [0.1, 0.15) is 0 Å². The molecule has 0 N–H and O–H groups in total. The number of hydrogen-bond acceptors (Lipinski definition) is 2. The topological polar surface area (TPSA) is 23.8 Å². The van der Waals surface area contributed by atoms with Crippen LogP contribution in [0.1, 0.15) is 5.56 Å². The maximum atomic E-state index is 8.20. The Morgan fingerprint density at radius 3 is 2.42 bits per heavy atom. The first-order valence-electron chi connectivity index (χ1n) is 3.41. The molecule has 0 aliphatic rings. The van der Waals surface area contributed by atoms with Gasteiger partial charge >= 0.3 is 0 Å². The van der Waals surface area contributed by atoms with E-state index < -0.39 is 0 Å². The van der Waals surface area contributed by atoms with Crippen LogP contribution >= 0.6 is 11.8 Å². The fourth-order valence-corrected chi connectivity index (χ4v) is 1.18. The highest BCUT2D eigenvalue weighted by Gasteiger charge is 1.88. The minimum atomic E-state index is 0.884. The molecule has 0 bridgehead atoms. The molecule has 1 aromatic rings. The molecule has 0 heterocycles. The highest BCUT2D eigenvalue weighted by atomic mass is 32.2. The molecule has 0 aromatic heterocycles. The lowest BCUT2D eigenvalue weighted by Gasteiger charge is -1.93. The normalized spacial score (nSPS) is 8.00. The summed E-state index contributed by atoms with van der Waals surface area (Å²) >= 11 is 1.69. The lowest BCUT2D eigenvalue weighted by molar-refractivity contribution is 1.45. The van der Waals surface area contributed by atoms with Crippen LogP contribution in [0.4, 0.5) is 0 Å². The van der Waals surface area contributed by atoms with Crippen molar-refractivity contribution in [2.75, 3.05) is 6.26 Å². The Hall–Kier alpha value is -1.38. The Bertz CT molecular complexity index is 348. The van der Waals surface area contributed by atoms with Gasteiger partial charge < -0.3 is 0 Å². The van der Waals surface area contributed by atoms with Crippen LogP contribution in [-0.4, -0.2) is 6.26 Å². The van der Waals surface area contributed by atoms with Crippen molar-refractivity contribution >= 4 is 11.8 Å². The van der Waals surface area contributed by atoms with E-state index in [1.54, 1.807) is 17.8 Å². The molecule has 58 valence electrons. The first-order chi connectivity index (χ1) is 5.86. The third-order valence-electron chi connectivity index (χ3n) is 1.35. The summed E-state index contributed by atoms with van der Waals surface area (Å²) in [4.78, 5) is 1.21. The lowest BCUT2D eigenvalue weighted by Crippen LogP contribution is -1.73. The van der Waals surface area contributed by atoms with E-state index in [2.05, 4.69) is 11.8 Å². The highest BCUT2D eigenvalue weighted by molar-refractivity contribution is 7.98. The Balaban J connectivity index is 2.87. The molecule has 1 aromatic carbocycles. The summed E-state index contributed by atoms with van der Waals surface area (Å²) in [7, 11) is 0. The summed E-state index contributed by atoms with van der Waals surface area (Å²) in [6, 6.07) is 9.59. The average molecular weight is 173 g/mol. The molecular weight excluding hydrogens is 166 g/mol. The molecule has 0 aliphatic carbocycles. The molecule has 0 spiro atoms. The number of benzene rings is 1. The monoisotopic (exact) mass is 173 g/mol. The smallest absolute Gasteiger partial charge is 0.152 e. The van der Waals surface area contributed by atoms with E-state index in [0.717, 1.165) is 5.56 Å². The van der Waals surface area contributed by atoms with Crippen LogP contribution in [0.5, 0.6) is 0 Å². The van der Waals surface area contributed by atoms with Crippen molar-refractivity contribution in [3.8, 4) is 17.9 Å². The molecular formula is C10H7NS. The van der Waals surface area contributed by atoms with E-state index in [4.69, 9.17) is 5.26 Å². The van der Waals surface area contributed by atoms with Crippen molar-refractivity contribution in [1.82, 2.24) is 0 Å². The van der Waals surface area contributed by atoms with Gasteiger partial charge in [0, 0.05) is 16.4 Å². The zero-order valence-corrected chi connectivity index (χ0v) is 7.48. The Morgan fingerprint density at radius 1 is 1.25 bits per heavy atom. The second-order valence-electron chi connectivity index (χ2n) is 2.09. The first-order valence-corrected chi connectivity index (χ1v) is 4.63. The number of thioether (sulfide) groups is 1. The Labute approximate surface area is 76.4 Å². The predicted octanol–water partition coefficient (Wildman–Crippen LogP) is 2.28. The average Bonchev–Trinajstić information content (AvgIpc) is 2.15. The molecule has 0 saturated heterocycles. The van der Waals surface area contributed by atoms with Gasteiger partial charge in [-0.1, -0.05) is 5.92 Å². The molecule has 12 heavy (non-hydrogen) atoms. The number of hydrogen-bond donors (Lipinski definition) is 0. The van der Waals surface area contributed by atoms with Crippen molar-refractivity contribution in [3.63, 3.8) is 0 Å². The lowest BCUT2D eigenvalue weighted by atomic mass is 10.2. The van der Waals surface area contributed by atoms with E-state index in [1.165, 1.54) is 4.90 Å². The van der Waals surface area contributed by atoms with Crippen LogP contribution in [0.3, 0.4) is 0 Å². The summed E-state index contributed by atoms with van der Waals surface area (Å²) in [5, 5.41) is 8.20. The molecule has 2 heteroatoms. The van der Waals surface area contributed by atoms with E-state index in [9.17, 15) is 0 Å². The molecule has 0 saturated carbocycles. The van der Waals surface area contributed by atoms with Gasteiger partial charge in [-0.3, -0.25) is 0 Å². The second kappa shape index (κ2) is 4.49. The van der Waals surface area contributed by atoms with E-state index >= 15 is 0 Å². The largest absolute Gasteiger partial charge is 0.183 e. The maximum Gasteiger partial charge on any atom is 0.152 e. The predicted molar refractivity (Wildman–Crippen MR) is 50.7 cm³/mol. The second-order valence-corrected chi connectivity index (χ2v) is 2.97. The summed E-state index contributed by atoms with van der Waals surface area (Å²) < 4.78 is 0. The molecule has 0 radical (unpaired) electrons. The van der Waals surface area contributed by atoms with Gasteiger partial charge in [0.2, 0.25) is 0 Å².